The second kappa shape index (κ2) is 4.94. The van der Waals surface area contributed by atoms with Crippen LogP contribution >= 0.6 is 0 Å². The zero-order valence-electron chi connectivity index (χ0n) is 9.23. The molecule has 0 aliphatic carbocycles. The van der Waals surface area contributed by atoms with E-state index in [1.165, 1.54) is 6.08 Å². The van der Waals surface area contributed by atoms with Gasteiger partial charge in [-0.2, -0.15) is 0 Å². The fraction of sp³-hybridized carbons (Fsp3) is 0.308. The van der Waals surface area contributed by atoms with Gasteiger partial charge in [0.05, 0.1) is 19.8 Å². The van der Waals surface area contributed by atoms with Crippen LogP contribution in [0, 0.1) is 0 Å². The van der Waals surface area contributed by atoms with E-state index in [1.54, 1.807) is 6.92 Å². The van der Waals surface area contributed by atoms with Crippen LogP contribution in [0.25, 0.3) is 5.57 Å². The second-order valence-corrected chi connectivity index (χ2v) is 3.57. The van der Waals surface area contributed by atoms with Crippen molar-refractivity contribution >= 4 is 11.5 Å². The van der Waals surface area contributed by atoms with Gasteiger partial charge < -0.3 is 9.47 Å². The first-order valence-corrected chi connectivity index (χ1v) is 5.34. The number of hydrogen-bond donors (Lipinski definition) is 0. The fourth-order valence-corrected chi connectivity index (χ4v) is 1.75. The minimum Gasteiger partial charge on any atom is -0.463 e. The van der Waals surface area contributed by atoms with E-state index < -0.39 is 0 Å². The van der Waals surface area contributed by atoms with Crippen LogP contribution in [-0.4, -0.2) is 19.2 Å². The van der Waals surface area contributed by atoms with Gasteiger partial charge in [0.2, 0.25) is 0 Å². The Morgan fingerprint density at radius 2 is 2.25 bits per heavy atom. The topological polar surface area (TPSA) is 35.5 Å². The SMILES string of the molecule is CCOC(=O)C=C1COCc2ccccc21. The third kappa shape index (κ3) is 2.31. The number of carbonyl (C=O) groups excluding carboxylic acids is 1. The third-order valence-corrected chi connectivity index (χ3v) is 2.46. The van der Waals surface area contributed by atoms with Crippen molar-refractivity contribution in [3.63, 3.8) is 0 Å². The highest BCUT2D eigenvalue weighted by atomic mass is 16.5. The highest BCUT2D eigenvalue weighted by Gasteiger charge is 2.14. The maximum atomic E-state index is 11.4. The van der Waals surface area contributed by atoms with Crippen molar-refractivity contribution in [3.8, 4) is 0 Å². The summed E-state index contributed by atoms with van der Waals surface area (Å²) in [6.45, 7) is 3.26. The molecule has 0 bridgehead atoms. The lowest BCUT2D eigenvalue weighted by molar-refractivity contribution is -0.137. The van der Waals surface area contributed by atoms with Crippen LogP contribution in [0.3, 0.4) is 0 Å². The largest absolute Gasteiger partial charge is 0.463 e. The lowest BCUT2D eigenvalue weighted by Crippen LogP contribution is -2.11. The minimum absolute atomic E-state index is 0.308. The molecule has 1 aromatic carbocycles. The molecule has 1 heterocycles. The van der Waals surface area contributed by atoms with Crippen LogP contribution in [-0.2, 0) is 20.9 Å². The van der Waals surface area contributed by atoms with Crippen LogP contribution in [0.5, 0.6) is 0 Å². The Balaban J connectivity index is 2.28. The Morgan fingerprint density at radius 3 is 3.06 bits per heavy atom. The molecule has 0 radical (unpaired) electrons. The Hall–Kier alpha value is -1.61. The Morgan fingerprint density at radius 1 is 1.44 bits per heavy atom. The molecular formula is C13H14O3. The summed E-state index contributed by atoms with van der Waals surface area (Å²) in [7, 11) is 0. The molecule has 0 N–H and O–H groups in total. The van der Waals surface area contributed by atoms with Gasteiger partial charge in [-0.05, 0) is 23.6 Å². The van der Waals surface area contributed by atoms with Gasteiger partial charge in [-0.25, -0.2) is 4.79 Å². The number of ether oxygens (including phenoxy) is 2. The van der Waals surface area contributed by atoms with Gasteiger partial charge in [0.1, 0.15) is 0 Å². The summed E-state index contributed by atoms with van der Waals surface area (Å²) >= 11 is 0. The van der Waals surface area contributed by atoms with Crippen molar-refractivity contribution in [2.75, 3.05) is 13.2 Å². The average molecular weight is 218 g/mol. The quantitative estimate of drug-likeness (QED) is 0.563. The fourth-order valence-electron chi connectivity index (χ4n) is 1.75. The van der Waals surface area contributed by atoms with Crippen molar-refractivity contribution in [3.05, 3.63) is 41.5 Å². The molecule has 0 saturated carbocycles. The summed E-state index contributed by atoms with van der Waals surface area (Å²) in [5, 5.41) is 0. The summed E-state index contributed by atoms with van der Waals surface area (Å²) in [6, 6.07) is 7.94. The van der Waals surface area contributed by atoms with Crippen LogP contribution in [0.1, 0.15) is 18.1 Å². The molecular weight excluding hydrogens is 204 g/mol. The molecule has 3 heteroatoms. The monoisotopic (exact) mass is 218 g/mol. The molecule has 0 saturated heterocycles. The molecule has 3 nitrogen and oxygen atoms in total. The predicted molar refractivity (Wildman–Crippen MR) is 60.7 cm³/mol. The maximum absolute atomic E-state index is 11.4. The molecule has 84 valence electrons. The lowest BCUT2D eigenvalue weighted by atomic mass is 9.98. The van der Waals surface area contributed by atoms with Crippen LogP contribution in [0.2, 0.25) is 0 Å². The molecule has 0 atom stereocenters. The van der Waals surface area contributed by atoms with E-state index in [0.29, 0.717) is 19.8 Å². The molecule has 16 heavy (non-hydrogen) atoms. The van der Waals surface area contributed by atoms with Crippen molar-refractivity contribution in [2.45, 2.75) is 13.5 Å². The Labute approximate surface area is 94.7 Å². The molecule has 1 aliphatic heterocycles. The molecule has 1 aromatic rings. The maximum Gasteiger partial charge on any atom is 0.331 e. The first-order valence-electron chi connectivity index (χ1n) is 5.34. The van der Waals surface area contributed by atoms with Crippen molar-refractivity contribution in [2.24, 2.45) is 0 Å². The number of esters is 1. The summed E-state index contributed by atoms with van der Waals surface area (Å²) in [4.78, 5) is 11.4. The van der Waals surface area contributed by atoms with E-state index in [4.69, 9.17) is 9.47 Å². The van der Waals surface area contributed by atoms with Gasteiger partial charge in [-0.3, -0.25) is 0 Å². The number of carbonyl (C=O) groups is 1. The zero-order valence-corrected chi connectivity index (χ0v) is 9.23. The molecule has 0 aromatic heterocycles. The first kappa shape index (κ1) is 10.9. The first-order chi connectivity index (χ1) is 7.81. The van der Waals surface area contributed by atoms with Gasteiger partial charge in [-0.1, -0.05) is 24.3 Å². The van der Waals surface area contributed by atoms with E-state index in [1.807, 2.05) is 24.3 Å². The number of benzene rings is 1. The van der Waals surface area contributed by atoms with Gasteiger partial charge in [0.25, 0.3) is 0 Å². The van der Waals surface area contributed by atoms with Crippen LogP contribution in [0.15, 0.2) is 30.3 Å². The predicted octanol–water partition coefficient (Wildman–Crippen LogP) is 2.16. The number of fused-ring (bicyclic) bond motifs is 1. The Bertz CT molecular complexity index is 421. The standard InChI is InChI=1S/C13H14O3/c1-2-16-13(14)7-11-9-15-8-10-5-3-4-6-12(10)11/h3-7H,2,8-9H2,1H3. The molecule has 0 spiro atoms. The van der Waals surface area contributed by atoms with E-state index in [0.717, 1.165) is 16.7 Å². The summed E-state index contributed by atoms with van der Waals surface area (Å²) in [5.74, 6) is -0.308. The molecule has 0 amide bonds. The number of hydrogen-bond acceptors (Lipinski definition) is 3. The minimum atomic E-state index is -0.308. The smallest absolute Gasteiger partial charge is 0.331 e. The van der Waals surface area contributed by atoms with E-state index in [9.17, 15) is 4.79 Å². The lowest BCUT2D eigenvalue weighted by Gasteiger charge is -2.18. The zero-order chi connectivity index (χ0) is 11.4. The highest BCUT2D eigenvalue weighted by Crippen LogP contribution is 2.25. The highest BCUT2D eigenvalue weighted by molar-refractivity contribution is 5.92. The van der Waals surface area contributed by atoms with E-state index >= 15 is 0 Å². The normalized spacial score (nSPS) is 16.9. The molecule has 1 aliphatic rings. The average Bonchev–Trinajstić information content (AvgIpc) is 2.30. The van der Waals surface area contributed by atoms with Crippen LogP contribution in [0.4, 0.5) is 0 Å². The molecule has 2 rings (SSSR count). The van der Waals surface area contributed by atoms with Gasteiger partial charge in [-0.15, -0.1) is 0 Å². The summed E-state index contributed by atoms with van der Waals surface area (Å²) < 4.78 is 10.3. The van der Waals surface area contributed by atoms with Gasteiger partial charge in [0, 0.05) is 6.08 Å². The molecule has 0 fully saturated rings. The third-order valence-electron chi connectivity index (χ3n) is 2.46. The van der Waals surface area contributed by atoms with Gasteiger partial charge in [0.15, 0.2) is 0 Å². The van der Waals surface area contributed by atoms with Crippen molar-refractivity contribution in [1.29, 1.82) is 0 Å². The Kier molecular flexibility index (Phi) is 3.37. The molecule has 0 unspecified atom stereocenters. The van der Waals surface area contributed by atoms with Crippen molar-refractivity contribution in [1.82, 2.24) is 0 Å². The van der Waals surface area contributed by atoms with Crippen molar-refractivity contribution < 1.29 is 14.3 Å². The van der Waals surface area contributed by atoms with E-state index in [2.05, 4.69) is 0 Å². The van der Waals surface area contributed by atoms with Gasteiger partial charge >= 0.3 is 5.97 Å². The van der Waals surface area contributed by atoms with Crippen LogP contribution < -0.4 is 0 Å². The number of rotatable bonds is 2. The van der Waals surface area contributed by atoms with E-state index in [-0.39, 0.29) is 5.97 Å². The second-order valence-electron chi connectivity index (χ2n) is 3.57. The summed E-state index contributed by atoms with van der Waals surface area (Å²) in [6.07, 6.45) is 1.52. The summed E-state index contributed by atoms with van der Waals surface area (Å²) in [5.41, 5.74) is 3.09.